The van der Waals surface area contributed by atoms with E-state index >= 15 is 0 Å². The Morgan fingerprint density at radius 1 is 1.28 bits per heavy atom. The van der Waals surface area contributed by atoms with Gasteiger partial charge in [0.2, 0.25) is 0 Å². The first kappa shape index (κ1) is 13.2. The molecule has 0 saturated carbocycles. The summed E-state index contributed by atoms with van der Waals surface area (Å²) in [5.41, 5.74) is 2.74. The lowest BCUT2D eigenvalue weighted by atomic mass is 9.83. The standard InChI is InChI=1S/C15H23NO2/c1-15(2,3)14-9-11-7-12(17)13(18-4)8-10(11)5-6-16-14/h7-8,14,16-17H,5-6,9H2,1-4H3. The second-order valence-corrected chi connectivity index (χ2v) is 6.12. The van der Waals surface area contributed by atoms with Crippen molar-refractivity contribution in [3.8, 4) is 11.5 Å². The zero-order chi connectivity index (χ0) is 13.3. The second kappa shape index (κ2) is 4.81. The molecule has 0 radical (unpaired) electrons. The van der Waals surface area contributed by atoms with Crippen LogP contribution in [0.4, 0.5) is 0 Å². The van der Waals surface area contributed by atoms with Crippen molar-refractivity contribution in [3.63, 3.8) is 0 Å². The van der Waals surface area contributed by atoms with Gasteiger partial charge in [0.15, 0.2) is 11.5 Å². The van der Waals surface area contributed by atoms with Crippen molar-refractivity contribution in [1.82, 2.24) is 5.32 Å². The average Bonchev–Trinajstić information content (AvgIpc) is 2.48. The zero-order valence-corrected chi connectivity index (χ0v) is 11.7. The van der Waals surface area contributed by atoms with Gasteiger partial charge in [-0.15, -0.1) is 0 Å². The van der Waals surface area contributed by atoms with Gasteiger partial charge >= 0.3 is 0 Å². The van der Waals surface area contributed by atoms with Crippen LogP contribution in [0.3, 0.4) is 0 Å². The largest absolute Gasteiger partial charge is 0.504 e. The van der Waals surface area contributed by atoms with Crippen LogP contribution in [0.2, 0.25) is 0 Å². The Kier molecular flexibility index (Phi) is 3.53. The molecule has 0 bridgehead atoms. The van der Waals surface area contributed by atoms with Crippen molar-refractivity contribution in [1.29, 1.82) is 0 Å². The molecule has 100 valence electrons. The molecular weight excluding hydrogens is 226 g/mol. The van der Waals surface area contributed by atoms with Crippen molar-refractivity contribution in [2.75, 3.05) is 13.7 Å². The molecule has 1 aromatic carbocycles. The Morgan fingerprint density at radius 3 is 2.61 bits per heavy atom. The van der Waals surface area contributed by atoms with Gasteiger partial charge in [0.05, 0.1) is 7.11 Å². The molecule has 1 aliphatic rings. The Balaban J connectivity index is 2.34. The van der Waals surface area contributed by atoms with E-state index in [2.05, 4.69) is 26.1 Å². The fourth-order valence-electron chi connectivity index (χ4n) is 2.53. The number of benzene rings is 1. The van der Waals surface area contributed by atoms with Crippen molar-refractivity contribution in [2.45, 2.75) is 39.7 Å². The molecule has 3 heteroatoms. The van der Waals surface area contributed by atoms with E-state index in [4.69, 9.17) is 4.74 Å². The number of fused-ring (bicyclic) bond motifs is 1. The van der Waals surface area contributed by atoms with E-state index in [9.17, 15) is 5.11 Å². The number of phenols is 1. The van der Waals surface area contributed by atoms with Crippen molar-refractivity contribution in [2.24, 2.45) is 5.41 Å². The summed E-state index contributed by atoms with van der Waals surface area (Å²) < 4.78 is 5.18. The molecule has 1 aliphatic heterocycles. The van der Waals surface area contributed by atoms with Gasteiger partial charge in [0, 0.05) is 6.04 Å². The summed E-state index contributed by atoms with van der Waals surface area (Å²) in [6.07, 6.45) is 1.94. The molecule has 0 spiro atoms. The predicted octanol–water partition coefficient (Wildman–Crippen LogP) is 2.50. The first-order valence-corrected chi connectivity index (χ1v) is 6.54. The van der Waals surface area contributed by atoms with Gasteiger partial charge in [-0.25, -0.2) is 0 Å². The maximum atomic E-state index is 9.90. The van der Waals surface area contributed by atoms with E-state index < -0.39 is 0 Å². The molecular formula is C15H23NO2. The third-order valence-electron chi connectivity index (χ3n) is 3.76. The van der Waals surface area contributed by atoms with Gasteiger partial charge < -0.3 is 15.2 Å². The summed E-state index contributed by atoms with van der Waals surface area (Å²) in [4.78, 5) is 0. The van der Waals surface area contributed by atoms with Gasteiger partial charge in [-0.2, -0.15) is 0 Å². The van der Waals surface area contributed by atoms with E-state index in [-0.39, 0.29) is 11.2 Å². The molecule has 2 rings (SSSR count). The van der Waals surface area contributed by atoms with Crippen molar-refractivity contribution in [3.05, 3.63) is 23.3 Å². The lowest BCUT2D eigenvalue weighted by Gasteiger charge is -2.30. The molecule has 0 saturated heterocycles. The van der Waals surface area contributed by atoms with Crippen LogP contribution in [0.15, 0.2) is 12.1 Å². The maximum Gasteiger partial charge on any atom is 0.160 e. The highest BCUT2D eigenvalue weighted by atomic mass is 16.5. The van der Waals surface area contributed by atoms with Crippen LogP contribution >= 0.6 is 0 Å². The van der Waals surface area contributed by atoms with Gasteiger partial charge in [0.1, 0.15) is 0 Å². The van der Waals surface area contributed by atoms with Gasteiger partial charge in [0.25, 0.3) is 0 Å². The van der Waals surface area contributed by atoms with Crippen LogP contribution < -0.4 is 10.1 Å². The third-order valence-corrected chi connectivity index (χ3v) is 3.76. The maximum absolute atomic E-state index is 9.90. The van der Waals surface area contributed by atoms with Crippen LogP contribution in [0.1, 0.15) is 31.9 Å². The summed E-state index contributed by atoms with van der Waals surface area (Å²) >= 11 is 0. The molecule has 18 heavy (non-hydrogen) atoms. The fourth-order valence-corrected chi connectivity index (χ4v) is 2.53. The highest BCUT2D eigenvalue weighted by Gasteiger charge is 2.27. The van der Waals surface area contributed by atoms with Gasteiger partial charge in [-0.05, 0) is 48.1 Å². The summed E-state index contributed by atoms with van der Waals surface area (Å²) in [6, 6.07) is 4.27. The normalized spacial score (nSPS) is 20.1. The molecule has 0 fully saturated rings. The molecule has 1 heterocycles. The first-order valence-electron chi connectivity index (χ1n) is 6.54. The second-order valence-electron chi connectivity index (χ2n) is 6.12. The van der Waals surface area contributed by atoms with Crippen LogP contribution in [0, 0.1) is 5.41 Å². The minimum absolute atomic E-state index is 0.219. The van der Waals surface area contributed by atoms with Crippen molar-refractivity contribution >= 4 is 0 Å². The molecule has 0 amide bonds. The molecule has 1 atom stereocenters. The predicted molar refractivity (Wildman–Crippen MR) is 73.3 cm³/mol. The zero-order valence-electron chi connectivity index (χ0n) is 11.7. The number of phenolic OH excluding ortho intramolecular Hbond substituents is 1. The number of hydrogen-bond donors (Lipinski definition) is 2. The Hall–Kier alpha value is -1.22. The van der Waals surface area contributed by atoms with Gasteiger partial charge in [-0.3, -0.25) is 0 Å². The molecule has 0 aromatic heterocycles. The lowest BCUT2D eigenvalue weighted by Crippen LogP contribution is -2.41. The first-order chi connectivity index (χ1) is 8.41. The summed E-state index contributed by atoms with van der Waals surface area (Å²) in [7, 11) is 1.59. The molecule has 2 N–H and O–H groups in total. The lowest BCUT2D eigenvalue weighted by molar-refractivity contribution is 0.271. The number of nitrogens with one attached hydrogen (secondary N) is 1. The number of ether oxygens (including phenoxy) is 1. The van der Waals surface area contributed by atoms with Crippen LogP contribution in [-0.4, -0.2) is 24.8 Å². The van der Waals surface area contributed by atoms with E-state index in [1.54, 1.807) is 7.11 Å². The number of methoxy groups -OCH3 is 1. The smallest absolute Gasteiger partial charge is 0.160 e. The summed E-state index contributed by atoms with van der Waals surface area (Å²) in [6.45, 7) is 7.72. The number of rotatable bonds is 1. The van der Waals surface area contributed by atoms with E-state index in [0.29, 0.717) is 11.8 Å². The molecule has 1 aromatic rings. The molecule has 1 unspecified atom stereocenters. The van der Waals surface area contributed by atoms with Crippen LogP contribution in [-0.2, 0) is 12.8 Å². The highest BCUT2D eigenvalue weighted by Crippen LogP contribution is 2.33. The minimum Gasteiger partial charge on any atom is -0.504 e. The Labute approximate surface area is 109 Å². The number of hydrogen-bond acceptors (Lipinski definition) is 3. The topological polar surface area (TPSA) is 41.5 Å². The van der Waals surface area contributed by atoms with Crippen molar-refractivity contribution < 1.29 is 9.84 Å². The Morgan fingerprint density at radius 2 is 2.00 bits per heavy atom. The molecule has 3 nitrogen and oxygen atoms in total. The Bertz CT molecular complexity index is 435. The SMILES string of the molecule is COc1cc2c(cc1O)CC(C(C)(C)C)NCC2. The minimum atomic E-state index is 0.219. The third kappa shape index (κ3) is 2.61. The number of aromatic hydroxyl groups is 1. The summed E-state index contributed by atoms with van der Waals surface area (Å²) in [5, 5.41) is 13.5. The van der Waals surface area contributed by atoms with E-state index in [1.807, 2.05) is 12.1 Å². The quantitative estimate of drug-likeness (QED) is 0.803. The fraction of sp³-hybridized carbons (Fsp3) is 0.600. The van der Waals surface area contributed by atoms with Crippen LogP contribution in [0.5, 0.6) is 11.5 Å². The highest BCUT2D eigenvalue weighted by molar-refractivity contribution is 5.47. The van der Waals surface area contributed by atoms with Crippen LogP contribution in [0.25, 0.3) is 0 Å². The molecule has 0 aliphatic carbocycles. The average molecular weight is 249 g/mol. The van der Waals surface area contributed by atoms with Gasteiger partial charge in [-0.1, -0.05) is 20.8 Å². The monoisotopic (exact) mass is 249 g/mol. The summed E-state index contributed by atoms with van der Waals surface area (Å²) in [5.74, 6) is 0.814. The van der Waals surface area contributed by atoms with E-state index in [1.165, 1.54) is 11.1 Å². The van der Waals surface area contributed by atoms with E-state index in [0.717, 1.165) is 19.4 Å².